The van der Waals surface area contributed by atoms with E-state index in [1.807, 2.05) is 20.8 Å². The average molecular weight is 380 g/mol. The molecule has 0 amide bonds. The van der Waals surface area contributed by atoms with E-state index < -0.39 is 29.2 Å². The van der Waals surface area contributed by atoms with Crippen LogP contribution in [0.1, 0.15) is 38.8 Å². The van der Waals surface area contributed by atoms with Gasteiger partial charge in [-0.15, -0.1) is 0 Å². The third kappa shape index (κ3) is 6.13. The molecule has 0 radical (unpaired) electrons. The van der Waals surface area contributed by atoms with E-state index in [9.17, 15) is 26.3 Å². The molecule has 1 aromatic carbocycles. The van der Waals surface area contributed by atoms with E-state index in [0.717, 1.165) is 0 Å². The molecule has 26 heavy (non-hydrogen) atoms. The molecule has 0 aliphatic carbocycles. The maximum absolute atomic E-state index is 12.9. The van der Waals surface area contributed by atoms with E-state index >= 15 is 0 Å². The molecule has 0 aliphatic rings. The number of benzene rings is 1. The van der Waals surface area contributed by atoms with Crippen LogP contribution >= 0.6 is 0 Å². The lowest BCUT2D eigenvalue weighted by atomic mass is 9.88. The summed E-state index contributed by atoms with van der Waals surface area (Å²) in [6, 6.07) is 0.688. The Bertz CT molecular complexity index is 675. The predicted molar refractivity (Wildman–Crippen MR) is 85.2 cm³/mol. The van der Waals surface area contributed by atoms with Crippen molar-refractivity contribution in [2.45, 2.75) is 46.1 Å². The van der Waals surface area contributed by atoms with Gasteiger partial charge in [0.1, 0.15) is 0 Å². The molecule has 0 saturated heterocycles. The van der Waals surface area contributed by atoms with Gasteiger partial charge in [-0.2, -0.15) is 31.6 Å². The zero-order chi connectivity index (χ0) is 20.3. The molecule has 1 aromatic rings. The normalized spacial score (nSPS) is 14.6. The molecule has 1 unspecified atom stereocenters. The maximum atomic E-state index is 12.9. The number of nitrogens with zero attached hydrogens (tertiary/aromatic N) is 2. The second-order valence-corrected chi connectivity index (χ2v) is 6.68. The number of nitriles is 1. The lowest BCUT2D eigenvalue weighted by Gasteiger charge is -2.24. The highest BCUT2D eigenvalue weighted by molar-refractivity contribution is 5.94. The van der Waals surface area contributed by atoms with Gasteiger partial charge in [-0.1, -0.05) is 20.8 Å². The molecule has 144 valence electrons. The van der Waals surface area contributed by atoms with Crippen molar-refractivity contribution >= 4 is 11.6 Å². The van der Waals surface area contributed by atoms with Crippen LogP contribution in [-0.4, -0.2) is 12.0 Å². The van der Waals surface area contributed by atoms with Crippen LogP contribution < -0.4 is 10.6 Å². The van der Waals surface area contributed by atoms with E-state index in [1.165, 1.54) is 0 Å². The van der Waals surface area contributed by atoms with E-state index in [4.69, 9.17) is 5.26 Å². The van der Waals surface area contributed by atoms with Crippen molar-refractivity contribution in [1.29, 1.82) is 5.26 Å². The lowest BCUT2D eigenvalue weighted by Crippen LogP contribution is -2.32. The van der Waals surface area contributed by atoms with Gasteiger partial charge in [0.15, 0.2) is 6.19 Å². The van der Waals surface area contributed by atoms with Gasteiger partial charge in [0.05, 0.1) is 17.2 Å². The van der Waals surface area contributed by atoms with Crippen LogP contribution in [-0.2, 0) is 12.4 Å². The van der Waals surface area contributed by atoms with Gasteiger partial charge in [0, 0.05) is 5.69 Å². The summed E-state index contributed by atoms with van der Waals surface area (Å²) in [6.07, 6.45) is -8.38. The SMILES string of the molecule is CC(N=C(NC#N)Nc1cc(C(F)(F)F)cc(C(F)(F)F)c1)C(C)(C)C. The second-order valence-electron chi connectivity index (χ2n) is 6.68. The minimum Gasteiger partial charge on any atom is -0.325 e. The molecular formula is C16H18F6N4. The van der Waals surface area contributed by atoms with Crippen molar-refractivity contribution in [2.24, 2.45) is 10.4 Å². The van der Waals surface area contributed by atoms with Gasteiger partial charge in [-0.05, 0) is 30.5 Å². The molecule has 0 heterocycles. The first kappa shape index (κ1) is 21.6. The largest absolute Gasteiger partial charge is 0.416 e. The Labute approximate surface area is 146 Å². The Kier molecular flexibility index (Phi) is 6.18. The van der Waals surface area contributed by atoms with Gasteiger partial charge in [0.2, 0.25) is 5.96 Å². The van der Waals surface area contributed by atoms with E-state index in [2.05, 4.69) is 15.6 Å². The van der Waals surface area contributed by atoms with Crippen molar-refractivity contribution in [3.8, 4) is 6.19 Å². The van der Waals surface area contributed by atoms with E-state index in [0.29, 0.717) is 12.1 Å². The Hall–Kier alpha value is -2.44. The van der Waals surface area contributed by atoms with Gasteiger partial charge >= 0.3 is 12.4 Å². The summed E-state index contributed by atoms with van der Waals surface area (Å²) in [5.41, 5.74) is -3.76. The van der Waals surface area contributed by atoms with Crippen LogP contribution in [0.15, 0.2) is 23.2 Å². The molecule has 0 fully saturated rings. The first-order valence-electron chi connectivity index (χ1n) is 7.44. The summed E-state index contributed by atoms with van der Waals surface area (Å²) in [5, 5.41) is 13.2. The number of halogens is 6. The number of rotatable bonds is 2. The number of guanidine groups is 1. The number of nitrogens with one attached hydrogen (secondary N) is 2. The van der Waals surface area contributed by atoms with Crippen molar-refractivity contribution in [3.05, 3.63) is 29.3 Å². The Balaban J connectivity index is 3.35. The van der Waals surface area contributed by atoms with Crippen LogP contribution in [0.25, 0.3) is 0 Å². The fraction of sp³-hybridized carbons (Fsp3) is 0.500. The van der Waals surface area contributed by atoms with Crippen LogP contribution in [0.3, 0.4) is 0 Å². The Morgan fingerprint density at radius 1 is 1.00 bits per heavy atom. The minimum absolute atomic E-state index is 0.0253. The molecule has 1 rings (SSSR count). The number of hydrogen-bond acceptors (Lipinski definition) is 2. The smallest absolute Gasteiger partial charge is 0.325 e. The van der Waals surface area contributed by atoms with Gasteiger partial charge in [0.25, 0.3) is 0 Å². The van der Waals surface area contributed by atoms with Gasteiger partial charge in [-0.25, -0.2) is 4.99 Å². The fourth-order valence-electron chi connectivity index (χ4n) is 1.70. The van der Waals surface area contributed by atoms with Crippen molar-refractivity contribution < 1.29 is 26.3 Å². The molecule has 0 saturated carbocycles. The van der Waals surface area contributed by atoms with Crippen molar-refractivity contribution in [3.63, 3.8) is 0 Å². The molecule has 0 spiro atoms. The molecule has 10 heteroatoms. The molecule has 1 atom stereocenters. The first-order valence-corrected chi connectivity index (χ1v) is 7.44. The molecule has 2 N–H and O–H groups in total. The average Bonchev–Trinajstić information content (AvgIpc) is 2.44. The quantitative estimate of drug-likeness (QED) is 0.250. The highest BCUT2D eigenvalue weighted by Gasteiger charge is 2.37. The third-order valence-corrected chi connectivity index (χ3v) is 3.60. The number of anilines is 1. The van der Waals surface area contributed by atoms with E-state index in [1.54, 1.807) is 13.1 Å². The molecule has 0 aliphatic heterocycles. The molecule has 0 bridgehead atoms. The highest BCUT2D eigenvalue weighted by atomic mass is 19.4. The van der Waals surface area contributed by atoms with Gasteiger partial charge in [-0.3, -0.25) is 5.32 Å². The highest BCUT2D eigenvalue weighted by Crippen LogP contribution is 2.37. The van der Waals surface area contributed by atoms with Crippen LogP contribution in [0, 0.1) is 16.9 Å². The minimum atomic E-state index is -4.96. The monoisotopic (exact) mass is 380 g/mol. The fourth-order valence-corrected chi connectivity index (χ4v) is 1.70. The van der Waals surface area contributed by atoms with Crippen LogP contribution in [0.2, 0.25) is 0 Å². The Morgan fingerprint density at radius 2 is 1.46 bits per heavy atom. The lowest BCUT2D eigenvalue weighted by molar-refractivity contribution is -0.143. The number of hydrogen-bond donors (Lipinski definition) is 2. The summed E-state index contributed by atoms with van der Waals surface area (Å²) < 4.78 is 77.4. The third-order valence-electron chi connectivity index (χ3n) is 3.60. The molecular weight excluding hydrogens is 362 g/mol. The summed E-state index contributed by atoms with van der Waals surface area (Å²) in [5.74, 6) is -0.248. The van der Waals surface area contributed by atoms with Crippen LogP contribution in [0.4, 0.5) is 32.0 Å². The zero-order valence-electron chi connectivity index (χ0n) is 14.5. The summed E-state index contributed by atoms with van der Waals surface area (Å²) in [4.78, 5) is 4.13. The van der Waals surface area contributed by atoms with Gasteiger partial charge < -0.3 is 5.32 Å². The second kappa shape index (κ2) is 7.43. The number of aliphatic imine (C=N–C) groups is 1. The maximum Gasteiger partial charge on any atom is 0.416 e. The van der Waals surface area contributed by atoms with Crippen molar-refractivity contribution in [2.75, 3.05) is 5.32 Å². The summed E-state index contributed by atoms with van der Waals surface area (Å²) in [7, 11) is 0. The molecule has 4 nitrogen and oxygen atoms in total. The standard InChI is InChI=1S/C16H18F6N4/c1-9(14(2,3)4)25-13(24-8-23)26-12-6-10(15(17,18)19)5-11(7-12)16(20,21)22/h5-7,9H,1-4H3,(H2,24,25,26). The zero-order valence-corrected chi connectivity index (χ0v) is 14.5. The van der Waals surface area contributed by atoms with E-state index in [-0.39, 0.29) is 23.5 Å². The Morgan fingerprint density at radius 3 is 1.81 bits per heavy atom. The first-order chi connectivity index (χ1) is 11.6. The topological polar surface area (TPSA) is 60.2 Å². The summed E-state index contributed by atoms with van der Waals surface area (Å²) >= 11 is 0. The molecule has 0 aromatic heterocycles. The van der Waals surface area contributed by atoms with Crippen molar-refractivity contribution in [1.82, 2.24) is 5.32 Å². The number of alkyl halides is 6. The predicted octanol–water partition coefficient (Wildman–Crippen LogP) is 5.00. The van der Waals surface area contributed by atoms with Crippen LogP contribution in [0.5, 0.6) is 0 Å². The summed E-state index contributed by atoms with van der Waals surface area (Å²) in [6.45, 7) is 7.24.